The van der Waals surface area contributed by atoms with Gasteiger partial charge in [-0.15, -0.1) is 0 Å². The lowest BCUT2D eigenvalue weighted by molar-refractivity contribution is -0.154. The maximum absolute atomic E-state index is 13.0. The number of cyclic esters (lactones) is 1. The molecule has 0 aliphatic carbocycles. The van der Waals surface area contributed by atoms with E-state index in [1.807, 2.05) is 29.0 Å². The van der Waals surface area contributed by atoms with E-state index < -0.39 is 11.6 Å². The molecule has 3 aromatic rings. The Morgan fingerprint density at radius 2 is 1.96 bits per heavy atom. The van der Waals surface area contributed by atoms with Crippen LogP contribution in [0.25, 0.3) is 0 Å². The molecule has 2 aromatic carbocycles. The zero-order valence-electron chi connectivity index (χ0n) is 14.6. The van der Waals surface area contributed by atoms with Crippen molar-refractivity contribution in [1.82, 2.24) is 0 Å². The third-order valence-electron chi connectivity index (χ3n) is 4.52. The maximum atomic E-state index is 13.0. The molecule has 1 aromatic heterocycles. The Hall–Kier alpha value is -2.41. The van der Waals surface area contributed by atoms with E-state index >= 15 is 0 Å². The van der Waals surface area contributed by atoms with E-state index in [0.29, 0.717) is 21.2 Å². The molecule has 4 nitrogen and oxygen atoms in total. The second-order valence-electron chi connectivity index (χ2n) is 6.34. The van der Waals surface area contributed by atoms with Gasteiger partial charge in [0, 0.05) is 21.7 Å². The highest BCUT2D eigenvalue weighted by Crippen LogP contribution is 2.47. The minimum absolute atomic E-state index is 0.0326. The number of carbonyl (C=O) groups is 1. The van der Waals surface area contributed by atoms with E-state index in [9.17, 15) is 9.90 Å². The molecule has 0 amide bonds. The third kappa shape index (κ3) is 3.39. The monoisotopic (exact) mass is 429 g/mol. The Morgan fingerprint density at radius 3 is 2.64 bits per heavy atom. The summed E-state index contributed by atoms with van der Waals surface area (Å²) in [6.07, 6.45) is 0.117. The fourth-order valence-electron chi connectivity index (χ4n) is 3.19. The number of nitrogen functional groups attached to an aromatic ring is 1. The predicted molar refractivity (Wildman–Crippen MR) is 114 cm³/mol. The number of rotatable bonds is 4. The quantitative estimate of drug-likeness (QED) is 0.409. The SMILES string of the molecule is Nc1cccc(C2(c3ccsc3)CC(O)=C(Sc3ccccc3Cl)C(=O)O2)c1. The number of esters is 1. The molecular weight excluding hydrogens is 414 g/mol. The number of thiophene rings is 1. The van der Waals surface area contributed by atoms with Gasteiger partial charge in [-0.25, -0.2) is 4.79 Å². The molecule has 2 heterocycles. The molecule has 1 atom stereocenters. The summed E-state index contributed by atoms with van der Waals surface area (Å²) < 4.78 is 5.98. The smallest absolute Gasteiger partial charge is 0.349 e. The summed E-state index contributed by atoms with van der Waals surface area (Å²) >= 11 is 8.80. The fraction of sp³-hybridized carbons (Fsp3) is 0.0952. The van der Waals surface area contributed by atoms with Crippen LogP contribution in [0.1, 0.15) is 17.5 Å². The normalized spacial score (nSPS) is 19.5. The van der Waals surface area contributed by atoms with Gasteiger partial charge >= 0.3 is 5.97 Å². The van der Waals surface area contributed by atoms with Crippen molar-refractivity contribution in [3.8, 4) is 0 Å². The van der Waals surface area contributed by atoms with Crippen molar-refractivity contribution in [2.45, 2.75) is 16.9 Å². The minimum atomic E-state index is -1.12. The number of aliphatic hydroxyl groups is 1. The van der Waals surface area contributed by atoms with Crippen LogP contribution in [0.15, 0.2) is 80.9 Å². The zero-order valence-corrected chi connectivity index (χ0v) is 17.0. The lowest BCUT2D eigenvalue weighted by Crippen LogP contribution is -2.38. The Morgan fingerprint density at radius 1 is 1.14 bits per heavy atom. The van der Waals surface area contributed by atoms with Gasteiger partial charge in [-0.3, -0.25) is 0 Å². The van der Waals surface area contributed by atoms with Gasteiger partial charge in [0.05, 0.1) is 11.4 Å². The molecule has 0 spiro atoms. The van der Waals surface area contributed by atoms with Gasteiger partial charge in [0.2, 0.25) is 0 Å². The van der Waals surface area contributed by atoms with Crippen molar-refractivity contribution < 1.29 is 14.6 Å². The molecule has 142 valence electrons. The van der Waals surface area contributed by atoms with Crippen molar-refractivity contribution in [1.29, 1.82) is 0 Å². The van der Waals surface area contributed by atoms with E-state index in [4.69, 9.17) is 22.1 Å². The summed E-state index contributed by atoms with van der Waals surface area (Å²) in [6, 6.07) is 16.2. The molecule has 0 radical (unpaired) electrons. The molecule has 3 N–H and O–H groups in total. The largest absolute Gasteiger partial charge is 0.511 e. The summed E-state index contributed by atoms with van der Waals surface area (Å²) in [4.78, 5) is 13.8. The highest BCUT2D eigenvalue weighted by atomic mass is 35.5. The number of ether oxygens (including phenoxy) is 1. The number of hydrogen-bond acceptors (Lipinski definition) is 6. The van der Waals surface area contributed by atoms with Gasteiger partial charge < -0.3 is 15.6 Å². The van der Waals surface area contributed by atoms with Crippen molar-refractivity contribution in [3.05, 3.63) is 92.2 Å². The summed E-state index contributed by atoms with van der Waals surface area (Å²) in [5.41, 5.74) is 6.91. The molecule has 1 unspecified atom stereocenters. The third-order valence-corrected chi connectivity index (χ3v) is 6.83. The first kappa shape index (κ1) is 18.9. The molecule has 0 bridgehead atoms. The number of thioether (sulfide) groups is 1. The van der Waals surface area contributed by atoms with Gasteiger partial charge in [-0.2, -0.15) is 11.3 Å². The average molecular weight is 430 g/mol. The van der Waals surface area contributed by atoms with Crippen molar-refractivity contribution in [2.24, 2.45) is 0 Å². The van der Waals surface area contributed by atoms with Crippen molar-refractivity contribution in [2.75, 3.05) is 5.73 Å². The lowest BCUT2D eigenvalue weighted by atomic mass is 9.82. The lowest BCUT2D eigenvalue weighted by Gasteiger charge is -2.37. The number of halogens is 1. The number of anilines is 1. The van der Waals surface area contributed by atoms with Crippen molar-refractivity contribution in [3.63, 3.8) is 0 Å². The van der Waals surface area contributed by atoms with Crippen LogP contribution in [-0.4, -0.2) is 11.1 Å². The van der Waals surface area contributed by atoms with Gasteiger partial charge in [-0.1, -0.05) is 47.6 Å². The van der Waals surface area contributed by atoms with Crippen LogP contribution in [-0.2, 0) is 15.1 Å². The Kier molecular flexibility index (Phi) is 5.10. The van der Waals surface area contributed by atoms with E-state index in [1.54, 1.807) is 36.4 Å². The topological polar surface area (TPSA) is 72.5 Å². The molecule has 1 aliphatic heterocycles. The number of hydrogen-bond donors (Lipinski definition) is 2. The fourth-order valence-corrected chi connectivity index (χ4v) is 5.00. The van der Waals surface area contributed by atoms with E-state index in [2.05, 4.69) is 0 Å². The second kappa shape index (κ2) is 7.54. The number of nitrogens with two attached hydrogens (primary N) is 1. The summed E-state index contributed by atoms with van der Waals surface area (Å²) in [5.74, 6) is -0.628. The van der Waals surface area contributed by atoms with E-state index in [-0.39, 0.29) is 17.1 Å². The highest BCUT2D eigenvalue weighted by molar-refractivity contribution is 8.04. The minimum Gasteiger partial charge on any atom is -0.511 e. The van der Waals surface area contributed by atoms with Gasteiger partial charge in [-0.05, 0) is 41.1 Å². The molecule has 1 aliphatic rings. The van der Waals surface area contributed by atoms with Gasteiger partial charge in [0.15, 0.2) is 5.60 Å². The summed E-state index contributed by atoms with van der Waals surface area (Å²) in [5, 5.41) is 15.2. The van der Waals surface area contributed by atoms with Crippen LogP contribution < -0.4 is 5.73 Å². The first-order valence-electron chi connectivity index (χ1n) is 8.46. The second-order valence-corrected chi connectivity index (χ2v) is 8.58. The number of aliphatic hydroxyl groups excluding tert-OH is 1. The molecule has 7 heteroatoms. The molecule has 0 saturated heterocycles. The Balaban J connectivity index is 1.79. The molecule has 0 fully saturated rings. The molecule has 0 saturated carbocycles. The Labute approximate surface area is 175 Å². The van der Waals surface area contributed by atoms with E-state index in [0.717, 1.165) is 17.3 Å². The maximum Gasteiger partial charge on any atom is 0.349 e. The summed E-state index contributed by atoms with van der Waals surface area (Å²) in [6.45, 7) is 0. The predicted octanol–water partition coefficient (Wildman–Crippen LogP) is 5.74. The number of benzene rings is 2. The van der Waals surface area contributed by atoms with Crippen LogP contribution in [0.5, 0.6) is 0 Å². The van der Waals surface area contributed by atoms with Crippen LogP contribution in [0.3, 0.4) is 0 Å². The number of carbonyl (C=O) groups excluding carboxylic acids is 1. The van der Waals surface area contributed by atoms with Gasteiger partial charge in [0.25, 0.3) is 0 Å². The Bertz CT molecular complexity index is 1070. The molecule has 4 rings (SSSR count). The van der Waals surface area contributed by atoms with E-state index in [1.165, 1.54) is 11.3 Å². The zero-order chi connectivity index (χ0) is 19.7. The molecular formula is C21H16ClNO3S2. The first-order chi connectivity index (χ1) is 13.5. The standard InChI is InChI=1S/C21H16ClNO3S2/c22-16-6-1-2-7-18(16)28-19-17(24)11-21(26-20(19)25,14-8-9-27-12-14)13-4-3-5-15(23)10-13/h1-10,12,24H,11,23H2. The average Bonchev–Trinajstić information content (AvgIpc) is 3.21. The van der Waals surface area contributed by atoms with Crippen LogP contribution in [0.2, 0.25) is 5.02 Å². The van der Waals surface area contributed by atoms with Crippen LogP contribution in [0.4, 0.5) is 5.69 Å². The first-order valence-corrected chi connectivity index (χ1v) is 10.6. The highest BCUT2D eigenvalue weighted by Gasteiger charge is 2.45. The van der Waals surface area contributed by atoms with Crippen LogP contribution in [0, 0.1) is 0 Å². The van der Waals surface area contributed by atoms with Crippen LogP contribution >= 0.6 is 34.7 Å². The van der Waals surface area contributed by atoms with Crippen molar-refractivity contribution >= 4 is 46.4 Å². The van der Waals surface area contributed by atoms with Gasteiger partial charge in [0.1, 0.15) is 10.7 Å². The summed E-state index contributed by atoms with van der Waals surface area (Å²) in [7, 11) is 0. The molecule has 28 heavy (non-hydrogen) atoms.